The van der Waals surface area contributed by atoms with Crippen molar-refractivity contribution in [2.45, 2.75) is 273 Å². The molecule has 0 radical (unpaired) electrons. The van der Waals surface area contributed by atoms with Gasteiger partial charge in [0.05, 0.1) is 31.7 Å². The summed E-state index contributed by atoms with van der Waals surface area (Å²) in [5.41, 5.74) is 51.3. The highest BCUT2D eigenvalue weighted by Crippen LogP contribution is 2.18. The number of hydrogen-bond acceptors (Lipinski definition) is 29. The van der Waals surface area contributed by atoms with E-state index in [1.165, 1.54) is 54.7 Å². The van der Waals surface area contributed by atoms with E-state index in [0.717, 1.165) is 6.92 Å². The number of phenols is 1. The molecule has 0 aliphatic rings. The van der Waals surface area contributed by atoms with Crippen molar-refractivity contribution in [3.63, 3.8) is 0 Å². The average molecular weight is 1930 g/mol. The highest BCUT2D eigenvalue weighted by atomic mass is 32.2. The molecule has 16 atom stereocenters. The molecule has 1 rings (SSSR count). The molecular weight excluding hydrogens is 1780 g/mol. The van der Waals surface area contributed by atoms with Crippen molar-refractivity contribution >= 4 is 142 Å². The molecule has 752 valence electrons. The van der Waals surface area contributed by atoms with Gasteiger partial charge in [-0.25, -0.2) is 4.79 Å². The number of aliphatic imine (C=N–C) groups is 2. The van der Waals surface area contributed by atoms with Gasteiger partial charge in [0.15, 0.2) is 11.9 Å². The quantitative estimate of drug-likeness (QED) is 0.0164. The summed E-state index contributed by atoms with van der Waals surface area (Å²) in [6, 6.07) is -18.3. The minimum absolute atomic E-state index is 0.00162. The number of amides is 16. The number of primary amides is 1. The van der Waals surface area contributed by atoms with Crippen molar-refractivity contribution in [1.29, 1.82) is 0 Å². The minimum Gasteiger partial charge on any atom is -0.508 e. The maximum Gasteiger partial charge on any atom is 0.326 e. The fourth-order valence-corrected chi connectivity index (χ4v) is 13.9. The molecule has 0 saturated carbocycles. The van der Waals surface area contributed by atoms with Crippen LogP contribution in [0.5, 0.6) is 5.75 Å². The number of carbonyl (C=O) groups excluding carboxylic acids is 16. The number of carboxylic acid groups (broad SMARTS) is 2. The van der Waals surface area contributed by atoms with E-state index >= 15 is 0 Å². The summed E-state index contributed by atoms with van der Waals surface area (Å²) in [5.74, 6) is -20.0. The van der Waals surface area contributed by atoms with Crippen LogP contribution in [0.2, 0.25) is 0 Å². The van der Waals surface area contributed by atoms with Crippen LogP contribution in [0.15, 0.2) is 34.3 Å². The van der Waals surface area contributed by atoms with Crippen LogP contribution >= 0.6 is 23.5 Å². The Morgan fingerprint density at radius 1 is 0.391 bits per heavy atom. The van der Waals surface area contributed by atoms with Crippen molar-refractivity contribution in [1.82, 2.24) is 79.8 Å². The summed E-state index contributed by atoms with van der Waals surface area (Å²) in [7, 11) is 0. The van der Waals surface area contributed by atoms with E-state index in [4.69, 9.17) is 51.6 Å². The van der Waals surface area contributed by atoms with E-state index in [1.54, 1.807) is 34.0 Å². The monoisotopic (exact) mass is 1930 g/mol. The molecule has 0 fully saturated rings. The van der Waals surface area contributed by atoms with Gasteiger partial charge in [0.25, 0.3) is 0 Å². The zero-order valence-corrected chi connectivity index (χ0v) is 78.5. The number of guanidine groups is 2. The molecule has 38 N–H and O–H groups in total. The molecular formula is C82H144N26O23S2. The number of benzene rings is 1. The fraction of sp³-hybridized carbons (Fsp3) is 0.683. The highest BCUT2D eigenvalue weighted by molar-refractivity contribution is 7.98. The second-order valence-corrected chi connectivity index (χ2v) is 34.6. The first kappa shape index (κ1) is 119. The number of carboxylic acids is 2. The number of nitrogens with one attached hydrogen (secondary N) is 15. The van der Waals surface area contributed by atoms with Gasteiger partial charge in [-0.3, -0.25) is 91.5 Å². The Balaban J connectivity index is 3.76. The van der Waals surface area contributed by atoms with Gasteiger partial charge in [-0.15, -0.1) is 0 Å². The molecule has 1 aromatic rings. The summed E-state index contributed by atoms with van der Waals surface area (Å²) in [5, 5.41) is 89.0. The number of nitrogens with zero attached hydrogens (tertiary/aromatic N) is 2. The van der Waals surface area contributed by atoms with Crippen LogP contribution in [0, 0.1) is 11.8 Å². The second-order valence-electron chi connectivity index (χ2n) is 32.6. The number of unbranched alkanes of at least 4 members (excludes halogenated alkanes) is 3. The number of aliphatic carboxylic acids is 2. The number of aliphatic hydroxyl groups is 2. The predicted molar refractivity (Wildman–Crippen MR) is 496 cm³/mol. The number of nitrogens with two attached hydrogens (primary N) is 9. The molecule has 0 aliphatic heterocycles. The standard InChI is InChI=1S/C82H144N26O23S2/c1-43(2)37-57(103-69(119)51(18-10-13-31-84)97-68(118)50(17-9-12-30-83)98-73(123)55(26-27-62(87)112)96-66(116)45(5)95-63(113)41-94-67(117)49(86)28-35-132-7)75(125)100-54(21-16-34-93-82(90)91)72(122)107-61(42-109)78(128)102-56(29-36-133-8)74(124)108-65(46(6)110)79(129)105-59(40-64(114)115)77(127)99-52(19-11-14-32-85)70(120)104-58(39-47-22-24-48(111)25-23-47)76(126)101-53(20-15-33-92-81(88)89)71(121)106-60(80(130)131)38-44(3)4/h22-25,43-46,49-61,65,109-111H,9-21,26-42,83-86H2,1-8H3,(H2,87,112)(H,94,117)(H,95,113)(H,96,116)(H,97,118)(H,98,123)(H,99,127)(H,100,125)(H,101,126)(H,102,128)(H,103,119)(H,104,120)(H,105,129)(H,106,121)(H,107,122)(H,108,124)(H,114,115)(H,130,131)(H4,88,89,92)(H4,90,91,93)/t45-,46+,49-,50-,51-,52-,53-,54-,55-,56-,57-,58-,59-,60-,61-,65-/m0/s1. The van der Waals surface area contributed by atoms with Crippen molar-refractivity contribution < 1.29 is 112 Å². The molecule has 0 heterocycles. The van der Waals surface area contributed by atoms with Crippen molar-refractivity contribution in [3.05, 3.63) is 29.8 Å². The lowest BCUT2D eigenvalue weighted by Crippen LogP contribution is -2.62. The first-order valence-electron chi connectivity index (χ1n) is 44.0. The number of rotatable bonds is 70. The summed E-state index contributed by atoms with van der Waals surface area (Å²) in [4.78, 5) is 257. The van der Waals surface area contributed by atoms with Crippen LogP contribution in [0.3, 0.4) is 0 Å². The van der Waals surface area contributed by atoms with Crippen molar-refractivity contribution in [3.8, 4) is 5.75 Å². The fourth-order valence-electron chi connectivity index (χ4n) is 12.9. The van der Waals surface area contributed by atoms with Gasteiger partial charge >= 0.3 is 11.9 Å². The van der Waals surface area contributed by atoms with Crippen molar-refractivity contribution in [2.75, 3.05) is 69.9 Å². The van der Waals surface area contributed by atoms with Crippen LogP contribution in [-0.2, 0) is 92.7 Å². The van der Waals surface area contributed by atoms with Gasteiger partial charge in [-0.05, 0) is 203 Å². The summed E-state index contributed by atoms with van der Waals surface area (Å²) in [6.07, 6.45) is -0.144. The number of hydrogen-bond donors (Lipinski definition) is 29. The van der Waals surface area contributed by atoms with Gasteiger partial charge in [0, 0.05) is 25.9 Å². The van der Waals surface area contributed by atoms with Crippen molar-refractivity contribution in [2.24, 2.45) is 73.4 Å². The number of aliphatic hydroxyl groups excluding tert-OH is 2. The van der Waals surface area contributed by atoms with E-state index in [9.17, 15) is 112 Å². The Bertz CT molecular complexity index is 3980. The zero-order valence-electron chi connectivity index (χ0n) is 76.9. The summed E-state index contributed by atoms with van der Waals surface area (Å²) >= 11 is 2.64. The molecule has 16 amide bonds. The lowest BCUT2D eigenvalue weighted by atomic mass is 10.0. The molecule has 51 heteroatoms. The van der Waals surface area contributed by atoms with Crippen LogP contribution < -0.4 is 131 Å². The molecule has 0 saturated heterocycles. The Labute approximate surface area is 781 Å². The number of aromatic hydroxyl groups is 1. The first-order valence-corrected chi connectivity index (χ1v) is 46.8. The topological polar surface area (TPSA) is 848 Å². The smallest absolute Gasteiger partial charge is 0.326 e. The van der Waals surface area contributed by atoms with E-state index in [-0.39, 0.29) is 171 Å². The average Bonchev–Trinajstić information content (AvgIpc) is 0.849. The normalized spacial score (nSPS) is 14.7. The van der Waals surface area contributed by atoms with Crippen LogP contribution in [0.1, 0.15) is 176 Å². The Morgan fingerprint density at radius 3 is 1.14 bits per heavy atom. The number of thioether (sulfide) groups is 2. The van der Waals surface area contributed by atoms with Gasteiger partial charge in [0.2, 0.25) is 94.5 Å². The third-order valence-electron chi connectivity index (χ3n) is 20.2. The predicted octanol–water partition coefficient (Wildman–Crippen LogP) is -8.52. The summed E-state index contributed by atoms with van der Waals surface area (Å²) in [6.45, 7) is 7.69. The van der Waals surface area contributed by atoms with Crippen LogP contribution in [-0.4, -0.2) is 311 Å². The van der Waals surface area contributed by atoms with E-state index in [2.05, 4.69) is 89.7 Å². The molecule has 133 heavy (non-hydrogen) atoms. The number of phenolic OH excluding ortho intramolecular Hbond substituents is 1. The van der Waals surface area contributed by atoms with Gasteiger partial charge < -0.3 is 157 Å². The van der Waals surface area contributed by atoms with E-state index in [0.29, 0.717) is 30.6 Å². The lowest BCUT2D eigenvalue weighted by molar-refractivity contribution is -0.143. The third-order valence-corrected chi connectivity index (χ3v) is 21.5. The minimum atomic E-state index is -2.11. The molecule has 0 spiro atoms. The molecule has 0 bridgehead atoms. The maximum absolute atomic E-state index is 14.7. The third kappa shape index (κ3) is 50.2. The van der Waals surface area contributed by atoms with Gasteiger partial charge in [-0.1, -0.05) is 39.8 Å². The zero-order chi connectivity index (χ0) is 101. The molecule has 0 aliphatic carbocycles. The van der Waals surface area contributed by atoms with Gasteiger partial charge in [-0.2, -0.15) is 23.5 Å². The number of carbonyl (C=O) groups is 18. The molecule has 49 nitrogen and oxygen atoms in total. The molecule has 0 unspecified atom stereocenters. The SMILES string of the molecule is CSCC[C@H](NC(=O)[C@H](CO)NC(=O)[C@H](CCCN=C(N)N)NC(=O)[C@H](CC(C)C)NC(=O)[C@H](CCCCN)NC(=O)[C@H](CCCCN)NC(=O)[C@H](CCC(N)=O)NC(=O)[C@H](C)NC(=O)CNC(=O)[C@@H](N)CCSC)C(=O)N[C@H](C(=O)N[C@@H](CC(=O)O)C(=O)N[C@@H](CCCCN)C(=O)N[C@@H](Cc1ccc(O)cc1)C(=O)N[C@@H](CCCN=C(N)N)C(=O)N[C@@H](CC(C)C)C(=O)O)[C@@H](C)O. The lowest BCUT2D eigenvalue weighted by Gasteiger charge is -2.29. The summed E-state index contributed by atoms with van der Waals surface area (Å²) < 4.78 is 0. The van der Waals surface area contributed by atoms with Crippen LogP contribution in [0.25, 0.3) is 0 Å². The maximum atomic E-state index is 14.7. The van der Waals surface area contributed by atoms with E-state index in [1.807, 2.05) is 6.26 Å². The van der Waals surface area contributed by atoms with E-state index < -0.39 is 229 Å². The highest BCUT2D eigenvalue weighted by Gasteiger charge is 2.40. The molecule has 1 aromatic carbocycles. The largest absolute Gasteiger partial charge is 0.508 e. The second kappa shape index (κ2) is 66.0. The molecule has 0 aromatic heterocycles. The van der Waals surface area contributed by atoms with Crippen LogP contribution in [0.4, 0.5) is 0 Å². The Morgan fingerprint density at radius 2 is 0.737 bits per heavy atom. The van der Waals surface area contributed by atoms with Gasteiger partial charge in [0.1, 0.15) is 90.3 Å². The first-order chi connectivity index (χ1) is 62.8. The Kier molecular flexibility index (Phi) is 59.3. The Hall–Kier alpha value is -11.5.